The van der Waals surface area contributed by atoms with Crippen LogP contribution in [0, 0.1) is 0 Å². The van der Waals surface area contributed by atoms with Crippen molar-refractivity contribution in [1.29, 1.82) is 0 Å². The number of pyridine rings is 1. The van der Waals surface area contributed by atoms with Crippen molar-refractivity contribution in [3.63, 3.8) is 0 Å². The van der Waals surface area contributed by atoms with Gasteiger partial charge in [0.25, 0.3) is 0 Å². The largest absolute Gasteiger partial charge is 0.454 e. The molecule has 0 spiro atoms. The second-order valence-corrected chi connectivity index (χ2v) is 5.19. The van der Waals surface area contributed by atoms with E-state index in [9.17, 15) is 4.79 Å². The molecular weight excluding hydrogens is 290 g/mol. The summed E-state index contributed by atoms with van der Waals surface area (Å²) in [5.41, 5.74) is 2.36. The molecule has 4 nitrogen and oxygen atoms in total. The maximum absolute atomic E-state index is 12.4. The normalized spacial score (nSPS) is 12.9. The molecule has 0 fully saturated rings. The van der Waals surface area contributed by atoms with Gasteiger partial charge < -0.3 is 9.47 Å². The highest BCUT2D eigenvalue weighted by molar-refractivity contribution is 6.08. The summed E-state index contributed by atoms with van der Waals surface area (Å²) >= 11 is 0. The number of rotatable bonds is 3. The van der Waals surface area contributed by atoms with E-state index in [1.807, 2.05) is 30.3 Å². The number of nitrogens with zero attached hydrogens (tertiary/aromatic N) is 1. The molecule has 4 rings (SSSR count). The van der Waals surface area contributed by atoms with Gasteiger partial charge in [-0.05, 0) is 36.4 Å². The molecule has 1 aliphatic rings. The van der Waals surface area contributed by atoms with Gasteiger partial charge in [0.15, 0.2) is 17.3 Å². The summed E-state index contributed by atoms with van der Waals surface area (Å²) in [6.45, 7) is 0.199. The third-order valence-electron chi connectivity index (χ3n) is 3.74. The van der Waals surface area contributed by atoms with E-state index >= 15 is 0 Å². The summed E-state index contributed by atoms with van der Waals surface area (Å²) in [6.07, 6.45) is 5.10. The maximum atomic E-state index is 12.4. The third kappa shape index (κ3) is 2.55. The lowest BCUT2D eigenvalue weighted by Gasteiger charge is -2.01. The number of ketones is 1. The van der Waals surface area contributed by atoms with Gasteiger partial charge >= 0.3 is 0 Å². The first-order chi connectivity index (χ1) is 11.3. The van der Waals surface area contributed by atoms with Gasteiger partial charge in [-0.15, -0.1) is 0 Å². The molecule has 2 heterocycles. The Kier molecular flexibility index (Phi) is 3.27. The molecule has 0 N–H and O–H groups in total. The fourth-order valence-corrected chi connectivity index (χ4v) is 2.57. The minimum atomic E-state index is -0.0868. The van der Waals surface area contributed by atoms with Crippen molar-refractivity contribution >= 4 is 22.8 Å². The topological polar surface area (TPSA) is 48.4 Å². The number of benzene rings is 2. The van der Waals surface area contributed by atoms with E-state index in [4.69, 9.17) is 9.47 Å². The maximum Gasteiger partial charge on any atom is 0.231 e. The number of carbonyl (C=O) groups is 1. The van der Waals surface area contributed by atoms with Gasteiger partial charge in [0.1, 0.15) is 0 Å². The van der Waals surface area contributed by atoms with Crippen molar-refractivity contribution in [1.82, 2.24) is 4.98 Å². The highest BCUT2D eigenvalue weighted by Gasteiger charge is 2.15. The first-order valence-corrected chi connectivity index (χ1v) is 7.27. The average Bonchev–Trinajstić information content (AvgIpc) is 3.07. The quantitative estimate of drug-likeness (QED) is 0.544. The van der Waals surface area contributed by atoms with Crippen molar-refractivity contribution in [3.05, 3.63) is 71.9 Å². The first-order valence-electron chi connectivity index (χ1n) is 7.27. The van der Waals surface area contributed by atoms with Crippen molar-refractivity contribution in [3.8, 4) is 11.5 Å². The molecule has 0 atom stereocenters. The van der Waals surface area contributed by atoms with Crippen LogP contribution in [0.2, 0.25) is 0 Å². The smallest absolute Gasteiger partial charge is 0.231 e. The van der Waals surface area contributed by atoms with Crippen molar-refractivity contribution in [2.24, 2.45) is 0 Å². The zero-order valence-corrected chi connectivity index (χ0v) is 12.2. The van der Waals surface area contributed by atoms with Gasteiger partial charge in [0, 0.05) is 22.7 Å². The fourth-order valence-electron chi connectivity index (χ4n) is 2.57. The first kappa shape index (κ1) is 13.5. The van der Waals surface area contributed by atoms with Crippen LogP contribution in [0.3, 0.4) is 0 Å². The molecule has 0 aliphatic carbocycles. The molecule has 4 heteroatoms. The van der Waals surface area contributed by atoms with Crippen LogP contribution in [0.4, 0.5) is 0 Å². The van der Waals surface area contributed by atoms with Crippen LogP contribution in [0.1, 0.15) is 15.9 Å². The van der Waals surface area contributed by atoms with E-state index in [0.29, 0.717) is 17.1 Å². The van der Waals surface area contributed by atoms with E-state index in [1.165, 1.54) is 0 Å². The van der Waals surface area contributed by atoms with Crippen LogP contribution in [0.5, 0.6) is 11.5 Å². The lowest BCUT2D eigenvalue weighted by Crippen LogP contribution is -1.94. The van der Waals surface area contributed by atoms with Gasteiger partial charge in [-0.2, -0.15) is 0 Å². The van der Waals surface area contributed by atoms with Gasteiger partial charge in [0.2, 0.25) is 6.79 Å². The van der Waals surface area contributed by atoms with E-state index in [0.717, 1.165) is 16.5 Å². The second-order valence-electron chi connectivity index (χ2n) is 5.19. The predicted molar refractivity (Wildman–Crippen MR) is 87.7 cm³/mol. The summed E-state index contributed by atoms with van der Waals surface area (Å²) in [6, 6.07) is 15.0. The Bertz CT molecular complexity index is 926. The van der Waals surface area contributed by atoms with E-state index < -0.39 is 0 Å². The van der Waals surface area contributed by atoms with Gasteiger partial charge in [0.05, 0.1) is 5.52 Å². The van der Waals surface area contributed by atoms with Gasteiger partial charge in [-0.1, -0.05) is 24.3 Å². The molecule has 112 valence electrons. The fraction of sp³-hybridized carbons (Fsp3) is 0.0526. The molecule has 1 aromatic heterocycles. The molecule has 0 radical (unpaired) electrons. The van der Waals surface area contributed by atoms with E-state index in [2.05, 4.69) is 4.98 Å². The van der Waals surface area contributed by atoms with E-state index in [-0.39, 0.29) is 12.6 Å². The number of allylic oxidation sites excluding steroid dienone is 1. The molecule has 1 aliphatic heterocycles. The SMILES string of the molecule is O=C(/C=C/c1cccc2cccnc12)c1ccc2c(c1)OCO2. The summed E-state index contributed by atoms with van der Waals surface area (Å²) in [4.78, 5) is 16.7. The summed E-state index contributed by atoms with van der Waals surface area (Å²) in [7, 11) is 0. The van der Waals surface area contributed by atoms with Crippen LogP contribution in [-0.2, 0) is 0 Å². The minimum absolute atomic E-state index is 0.0868. The Labute approximate surface area is 133 Å². The number of ether oxygens (including phenoxy) is 2. The van der Waals surface area contributed by atoms with Crippen LogP contribution < -0.4 is 9.47 Å². The Morgan fingerprint density at radius 1 is 1.04 bits per heavy atom. The minimum Gasteiger partial charge on any atom is -0.454 e. The number of hydrogen-bond donors (Lipinski definition) is 0. The van der Waals surface area contributed by atoms with Gasteiger partial charge in [-0.25, -0.2) is 0 Å². The standard InChI is InChI=1S/C19H13NO3/c21-16(15-7-9-17-18(11-15)23-12-22-17)8-6-14-4-1-3-13-5-2-10-20-19(13)14/h1-11H,12H2/b8-6+. The molecule has 0 unspecified atom stereocenters. The van der Waals surface area contributed by atoms with Crippen molar-refractivity contribution in [2.45, 2.75) is 0 Å². The molecule has 3 aromatic rings. The summed E-state index contributed by atoms with van der Waals surface area (Å²) in [5.74, 6) is 1.19. The number of carbonyl (C=O) groups excluding carboxylic acids is 1. The van der Waals surface area contributed by atoms with E-state index in [1.54, 1.807) is 36.5 Å². The molecule has 0 saturated carbocycles. The average molecular weight is 303 g/mol. The van der Waals surface area contributed by atoms with Gasteiger partial charge in [-0.3, -0.25) is 9.78 Å². The van der Waals surface area contributed by atoms with Crippen LogP contribution in [0.25, 0.3) is 17.0 Å². The Hall–Kier alpha value is -3.14. The number of aromatic nitrogens is 1. The summed E-state index contributed by atoms with van der Waals surface area (Å²) < 4.78 is 10.6. The molecule has 0 saturated heterocycles. The Morgan fingerprint density at radius 3 is 2.87 bits per heavy atom. The molecular formula is C19H13NO3. The molecule has 0 amide bonds. The predicted octanol–water partition coefficient (Wildman–Crippen LogP) is 3.86. The molecule has 2 aromatic carbocycles. The van der Waals surface area contributed by atoms with Crippen LogP contribution >= 0.6 is 0 Å². The highest BCUT2D eigenvalue weighted by Crippen LogP contribution is 2.32. The van der Waals surface area contributed by atoms with Crippen molar-refractivity contribution in [2.75, 3.05) is 6.79 Å². The number of fused-ring (bicyclic) bond motifs is 2. The molecule has 0 bridgehead atoms. The lowest BCUT2D eigenvalue weighted by atomic mass is 10.1. The van der Waals surface area contributed by atoms with Crippen LogP contribution in [-0.4, -0.2) is 17.6 Å². The molecule has 23 heavy (non-hydrogen) atoms. The Morgan fingerprint density at radius 2 is 1.91 bits per heavy atom. The monoisotopic (exact) mass is 303 g/mol. The zero-order valence-electron chi connectivity index (χ0n) is 12.2. The Balaban J connectivity index is 1.64. The van der Waals surface area contributed by atoms with Crippen molar-refractivity contribution < 1.29 is 14.3 Å². The second kappa shape index (κ2) is 5.57. The number of hydrogen-bond acceptors (Lipinski definition) is 4. The highest BCUT2D eigenvalue weighted by atomic mass is 16.7. The third-order valence-corrected chi connectivity index (χ3v) is 3.74. The lowest BCUT2D eigenvalue weighted by molar-refractivity contribution is 0.104. The summed E-state index contributed by atoms with van der Waals surface area (Å²) in [5, 5.41) is 1.05. The van der Waals surface area contributed by atoms with Crippen LogP contribution in [0.15, 0.2) is 60.8 Å². The zero-order chi connectivity index (χ0) is 15.6. The number of para-hydroxylation sites is 1.